The van der Waals surface area contributed by atoms with Gasteiger partial charge in [-0.05, 0) is 32.8 Å². The number of hydrogen-bond acceptors (Lipinski definition) is 2. The molecule has 0 aliphatic heterocycles. The van der Waals surface area contributed by atoms with E-state index in [4.69, 9.17) is 4.74 Å². The van der Waals surface area contributed by atoms with E-state index in [2.05, 4.69) is 21.2 Å². The van der Waals surface area contributed by atoms with Gasteiger partial charge in [-0.1, -0.05) is 30.3 Å². The van der Waals surface area contributed by atoms with Crippen LogP contribution in [0.15, 0.2) is 40.9 Å². The number of hydrogen-bond donors (Lipinski definition) is 1. The van der Waals surface area contributed by atoms with E-state index in [1.807, 2.05) is 30.3 Å². The Morgan fingerprint density at radius 2 is 1.85 bits per heavy atom. The van der Waals surface area contributed by atoms with Crippen molar-refractivity contribution in [3.05, 3.63) is 40.9 Å². The molecule has 0 amide bonds. The molecule has 6 heteroatoms. The predicted molar refractivity (Wildman–Crippen MR) is 76.1 cm³/mol. The second-order valence-corrected chi connectivity index (χ2v) is 5.03. The minimum atomic E-state index is -4.19. The summed E-state index contributed by atoms with van der Waals surface area (Å²) < 4.78 is 42.1. The number of rotatable bonds is 5. The van der Waals surface area contributed by atoms with Crippen molar-refractivity contribution in [3.63, 3.8) is 0 Å². The van der Waals surface area contributed by atoms with Gasteiger partial charge in [-0.25, -0.2) is 0 Å². The maximum absolute atomic E-state index is 11.9. The molecule has 2 aromatic carbocycles. The predicted octanol–water partition coefficient (Wildman–Crippen LogP) is 4.13. The van der Waals surface area contributed by atoms with Gasteiger partial charge < -0.3 is 10.1 Å². The van der Waals surface area contributed by atoms with E-state index >= 15 is 0 Å². The summed E-state index contributed by atoms with van der Waals surface area (Å²) in [5.74, 6) is 0.623. The third-order valence-electron chi connectivity index (χ3n) is 2.69. The summed E-state index contributed by atoms with van der Waals surface area (Å²) in [7, 11) is 0. The van der Waals surface area contributed by atoms with Crippen molar-refractivity contribution < 1.29 is 17.9 Å². The molecule has 0 unspecified atom stereocenters. The molecule has 1 N–H and O–H groups in total. The Labute approximate surface area is 123 Å². The molecule has 0 aliphatic rings. The first-order valence-electron chi connectivity index (χ1n) is 6.05. The average Bonchev–Trinajstić information content (AvgIpc) is 2.40. The largest absolute Gasteiger partial charge is 0.491 e. The zero-order valence-corrected chi connectivity index (χ0v) is 12.1. The van der Waals surface area contributed by atoms with Crippen molar-refractivity contribution in [3.8, 4) is 5.75 Å². The molecule has 20 heavy (non-hydrogen) atoms. The molecule has 0 heterocycles. The molecule has 0 saturated carbocycles. The van der Waals surface area contributed by atoms with Crippen LogP contribution in [0.3, 0.4) is 0 Å². The smallest absolute Gasteiger partial charge is 0.401 e. The van der Waals surface area contributed by atoms with Crippen LogP contribution in [0.4, 0.5) is 13.2 Å². The van der Waals surface area contributed by atoms with Crippen LogP contribution in [0.2, 0.25) is 0 Å². The van der Waals surface area contributed by atoms with Gasteiger partial charge in [-0.2, -0.15) is 13.2 Å². The molecule has 108 valence electrons. The van der Waals surface area contributed by atoms with Crippen LogP contribution in [-0.2, 0) is 0 Å². The van der Waals surface area contributed by atoms with Crippen LogP contribution in [-0.4, -0.2) is 25.9 Å². The van der Waals surface area contributed by atoms with E-state index in [1.165, 1.54) is 0 Å². The highest BCUT2D eigenvalue weighted by molar-refractivity contribution is 9.10. The third kappa shape index (κ3) is 4.11. The van der Waals surface area contributed by atoms with E-state index in [1.54, 1.807) is 6.07 Å². The summed E-state index contributed by atoms with van der Waals surface area (Å²) in [4.78, 5) is 0. The summed E-state index contributed by atoms with van der Waals surface area (Å²) in [6, 6.07) is 11.5. The minimum Gasteiger partial charge on any atom is -0.491 e. The van der Waals surface area contributed by atoms with Crippen LogP contribution in [0.5, 0.6) is 5.75 Å². The first-order valence-corrected chi connectivity index (χ1v) is 6.84. The standard InChI is InChI=1S/C14H13BrF3NO/c15-13-11-4-2-1-3-10(11)5-6-12(13)20-8-7-19-9-14(16,17)18/h1-6,19H,7-9H2. The van der Waals surface area contributed by atoms with Gasteiger partial charge in [0.15, 0.2) is 0 Å². The first-order chi connectivity index (χ1) is 9.47. The molecule has 0 fully saturated rings. The molecular formula is C14H13BrF3NO. The number of halogens is 4. The molecular weight excluding hydrogens is 335 g/mol. The van der Waals surface area contributed by atoms with Gasteiger partial charge >= 0.3 is 6.18 Å². The Hall–Kier alpha value is -1.27. The average molecular weight is 348 g/mol. The monoisotopic (exact) mass is 347 g/mol. The molecule has 0 aliphatic carbocycles. The Balaban J connectivity index is 1.92. The van der Waals surface area contributed by atoms with Crippen molar-refractivity contribution in [1.82, 2.24) is 5.32 Å². The summed E-state index contributed by atoms with van der Waals surface area (Å²) in [5.41, 5.74) is 0. The van der Waals surface area contributed by atoms with Crippen molar-refractivity contribution in [2.75, 3.05) is 19.7 Å². The van der Waals surface area contributed by atoms with E-state index in [-0.39, 0.29) is 13.2 Å². The van der Waals surface area contributed by atoms with Crippen molar-refractivity contribution >= 4 is 26.7 Å². The zero-order chi connectivity index (χ0) is 14.6. The Kier molecular flexibility index (Phi) is 4.88. The van der Waals surface area contributed by atoms with Crippen molar-refractivity contribution in [1.29, 1.82) is 0 Å². The van der Waals surface area contributed by atoms with Gasteiger partial charge in [0.2, 0.25) is 0 Å². The van der Waals surface area contributed by atoms with Crippen molar-refractivity contribution in [2.24, 2.45) is 0 Å². The third-order valence-corrected chi connectivity index (χ3v) is 3.51. The lowest BCUT2D eigenvalue weighted by molar-refractivity contribution is -0.124. The second-order valence-electron chi connectivity index (χ2n) is 4.24. The Morgan fingerprint density at radius 3 is 2.60 bits per heavy atom. The van der Waals surface area contributed by atoms with Gasteiger partial charge in [0.25, 0.3) is 0 Å². The number of alkyl halides is 3. The lowest BCUT2D eigenvalue weighted by atomic mass is 10.1. The maximum atomic E-state index is 11.9. The fourth-order valence-electron chi connectivity index (χ4n) is 1.79. The highest BCUT2D eigenvalue weighted by Crippen LogP contribution is 2.32. The lowest BCUT2D eigenvalue weighted by Gasteiger charge is -2.11. The van der Waals surface area contributed by atoms with E-state index < -0.39 is 12.7 Å². The van der Waals surface area contributed by atoms with E-state index in [9.17, 15) is 13.2 Å². The molecule has 0 bridgehead atoms. The van der Waals surface area contributed by atoms with Crippen LogP contribution in [0.25, 0.3) is 10.8 Å². The van der Waals surface area contributed by atoms with Crippen LogP contribution in [0, 0.1) is 0 Å². The molecule has 0 spiro atoms. The zero-order valence-electron chi connectivity index (χ0n) is 10.5. The van der Waals surface area contributed by atoms with Gasteiger partial charge in [0.05, 0.1) is 11.0 Å². The molecule has 0 aromatic heterocycles. The topological polar surface area (TPSA) is 21.3 Å². The second kappa shape index (κ2) is 6.45. The van der Waals surface area contributed by atoms with Crippen LogP contribution < -0.4 is 10.1 Å². The fraction of sp³-hybridized carbons (Fsp3) is 0.286. The highest BCUT2D eigenvalue weighted by atomic mass is 79.9. The first kappa shape index (κ1) is 15.1. The fourth-order valence-corrected chi connectivity index (χ4v) is 2.40. The molecule has 2 rings (SSSR count). The SMILES string of the molecule is FC(F)(F)CNCCOc1ccc2ccccc2c1Br. The van der Waals surface area contributed by atoms with Gasteiger partial charge in [-0.3, -0.25) is 0 Å². The minimum absolute atomic E-state index is 0.138. The maximum Gasteiger partial charge on any atom is 0.401 e. The summed E-state index contributed by atoms with van der Waals surface area (Å²) in [6.07, 6.45) is -4.19. The Bertz CT molecular complexity index is 586. The number of benzene rings is 2. The van der Waals surface area contributed by atoms with Gasteiger partial charge in [0.1, 0.15) is 12.4 Å². The molecule has 0 saturated heterocycles. The normalized spacial score (nSPS) is 11.8. The van der Waals surface area contributed by atoms with Gasteiger partial charge in [0, 0.05) is 6.54 Å². The molecule has 0 atom stereocenters. The highest BCUT2D eigenvalue weighted by Gasteiger charge is 2.25. The molecule has 2 nitrogen and oxygen atoms in total. The summed E-state index contributed by atoms with van der Waals surface area (Å²) in [6.45, 7) is -0.693. The number of fused-ring (bicyclic) bond motifs is 1. The Morgan fingerprint density at radius 1 is 1.10 bits per heavy atom. The molecule has 2 aromatic rings. The van der Waals surface area contributed by atoms with E-state index in [0.29, 0.717) is 5.75 Å². The molecule has 0 radical (unpaired) electrons. The lowest BCUT2D eigenvalue weighted by Crippen LogP contribution is -2.31. The summed E-state index contributed by atoms with van der Waals surface area (Å²) in [5, 5.41) is 4.37. The van der Waals surface area contributed by atoms with Gasteiger partial charge in [-0.15, -0.1) is 0 Å². The quantitative estimate of drug-likeness (QED) is 0.821. The summed E-state index contributed by atoms with van der Waals surface area (Å²) >= 11 is 3.46. The van der Waals surface area contributed by atoms with Crippen molar-refractivity contribution in [2.45, 2.75) is 6.18 Å². The number of nitrogens with one attached hydrogen (secondary N) is 1. The van der Waals surface area contributed by atoms with Crippen LogP contribution >= 0.6 is 15.9 Å². The van der Waals surface area contributed by atoms with Crippen LogP contribution in [0.1, 0.15) is 0 Å². The number of ether oxygens (including phenoxy) is 1. The van der Waals surface area contributed by atoms with E-state index in [0.717, 1.165) is 15.2 Å².